The average molecular weight is 684 g/mol. The summed E-state index contributed by atoms with van der Waals surface area (Å²) in [7, 11) is 1.32. The number of hydrogen-bond acceptors (Lipinski definition) is 6. The minimum atomic E-state index is -0.656. The minimum absolute atomic E-state index is 0.0692. The summed E-state index contributed by atoms with van der Waals surface area (Å²) in [5, 5.41) is 8.90. The van der Waals surface area contributed by atoms with Crippen molar-refractivity contribution in [2.24, 2.45) is 17.8 Å². The van der Waals surface area contributed by atoms with Gasteiger partial charge in [-0.05, 0) is 90.3 Å². The number of ether oxygens (including phenoxy) is 1. The van der Waals surface area contributed by atoms with E-state index in [1.54, 1.807) is 0 Å². The molecular weight excluding hydrogens is 638 g/mol. The highest BCUT2D eigenvalue weighted by molar-refractivity contribution is 5.91. The van der Waals surface area contributed by atoms with E-state index in [2.05, 4.69) is 81.3 Å². The van der Waals surface area contributed by atoms with Crippen molar-refractivity contribution < 1.29 is 14.3 Å². The monoisotopic (exact) mass is 683 g/mol. The third-order valence-electron chi connectivity index (χ3n) is 12.1. The lowest BCUT2D eigenvalue weighted by molar-refractivity contribution is -0.139. The van der Waals surface area contributed by atoms with Crippen LogP contribution in [0.25, 0.3) is 44.4 Å². The first-order valence-electron chi connectivity index (χ1n) is 18.5. The van der Waals surface area contributed by atoms with Crippen LogP contribution in [-0.4, -0.2) is 62.1 Å². The number of amides is 2. The highest BCUT2D eigenvalue weighted by atomic mass is 16.5. The number of carbonyl (C=O) groups excluding carboxylic acids is 2. The van der Waals surface area contributed by atoms with E-state index in [1.165, 1.54) is 37.1 Å². The molecule has 4 fully saturated rings. The van der Waals surface area contributed by atoms with E-state index in [0.29, 0.717) is 18.0 Å². The molecule has 2 saturated heterocycles. The molecule has 4 N–H and O–H groups in total. The van der Waals surface area contributed by atoms with Gasteiger partial charge in [-0.2, -0.15) is 0 Å². The second-order valence-corrected chi connectivity index (χ2v) is 15.4. The molecule has 5 aromatic rings. The Morgan fingerprint density at radius 1 is 0.863 bits per heavy atom. The highest BCUT2D eigenvalue weighted by Crippen LogP contribution is 2.50. The molecule has 0 radical (unpaired) electrons. The molecule has 2 saturated carbocycles. The van der Waals surface area contributed by atoms with Gasteiger partial charge in [-0.3, -0.25) is 4.79 Å². The largest absolute Gasteiger partial charge is 0.453 e. The van der Waals surface area contributed by atoms with Gasteiger partial charge in [0, 0.05) is 29.4 Å². The van der Waals surface area contributed by atoms with Crippen molar-refractivity contribution in [2.75, 3.05) is 7.11 Å². The van der Waals surface area contributed by atoms with Crippen molar-refractivity contribution in [1.29, 1.82) is 0 Å². The zero-order valence-corrected chi connectivity index (χ0v) is 29.4. The van der Waals surface area contributed by atoms with Crippen LogP contribution in [0.15, 0.2) is 73.1 Å². The molecule has 10 heteroatoms. The highest BCUT2D eigenvalue weighted by Gasteiger charge is 2.51. The van der Waals surface area contributed by atoms with E-state index in [0.717, 1.165) is 70.5 Å². The fraction of sp³-hybridized carbons (Fsp3) is 0.415. The number of methoxy groups -OCH3 is 1. The summed E-state index contributed by atoms with van der Waals surface area (Å²) in [4.78, 5) is 44.7. The molecule has 51 heavy (non-hydrogen) atoms. The molecule has 7 atom stereocenters. The molecule has 2 aromatic heterocycles. The van der Waals surface area contributed by atoms with E-state index in [-0.39, 0.29) is 23.9 Å². The van der Waals surface area contributed by atoms with Crippen LogP contribution in [-0.2, 0) is 9.53 Å². The number of nitrogens with zero attached hydrogens (tertiary/aromatic N) is 3. The molecule has 2 aliphatic heterocycles. The number of benzene rings is 3. The number of imidazole rings is 2. The van der Waals surface area contributed by atoms with Crippen molar-refractivity contribution in [3.05, 3.63) is 84.7 Å². The Bertz CT molecular complexity index is 2090. The van der Waals surface area contributed by atoms with Gasteiger partial charge in [0.15, 0.2) is 0 Å². The van der Waals surface area contributed by atoms with Crippen molar-refractivity contribution in [1.82, 2.24) is 35.5 Å². The van der Waals surface area contributed by atoms with Crippen LogP contribution in [0.5, 0.6) is 0 Å². The normalized spacial score (nSPS) is 25.6. The molecule has 4 aliphatic rings. The van der Waals surface area contributed by atoms with Crippen molar-refractivity contribution in [3.8, 4) is 33.6 Å². The Labute approximate surface area is 297 Å². The summed E-state index contributed by atoms with van der Waals surface area (Å²) in [6.07, 6.45) is 10.1. The lowest BCUT2D eigenvalue weighted by Crippen LogP contribution is -2.54. The van der Waals surface area contributed by atoms with E-state index in [9.17, 15) is 9.59 Å². The fourth-order valence-electron chi connectivity index (χ4n) is 8.88. The molecule has 4 heterocycles. The fourth-order valence-corrected chi connectivity index (χ4v) is 8.88. The summed E-state index contributed by atoms with van der Waals surface area (Å²) in [6, 6.07) is 22.1. The van der Waals surface area contributed by atoms with E-state index in [4.69, 9.17) is 14.7 Å². The van der Waals surface area contributed by atoms with E-state index in [1.807, 2.05) is 31.1 Å². The maximum atomic E-state index is 13.9. The summed E-state index contributed by atoms with van der Waals surface area (Å²) in [6.45, 7) is 3.89. The average Bonchev–Trinajstić information content (AvgIpc) is 3.92. The molecule has 0 spiro atoms. The van der Waals surface area contributed by atoms with Crippen LogP contribution < -0.4 is 10.6 Å². The van der Waals surface area contributed by atoms with Crippen LogP contribution in [0, 0.1) is 17.8 Å². The second-order valence-electron chi connectivity index (χ2n) is 15.4. The zero-order chi connectivity index (χ0) is 34.8. The van der Waals surface area contributed by atoms with Gasteiger partial charge in [-0.1, -0.05) is 62.4 Å². The smallest absolute Gasteiger partial charge is 0.407 e. The predicted molar refractivity (Wildman–Crippen MR) is 196 cm³/mol. The standard InChI is InChI=1S/C41H45N7O3/c1-22(2)37(47-41(50)51-3)40(49)48-35-15-13-30(35)19-36(48)39-43-20-33(46-39)24-6-4-23(5-7-24)25-8-9-27-17-28(11-10-26(27)16-25)34-21-42-38(45-34)32-18-29-12-14-31(29)44-32/h4-11,16-17,20-22,29-32,35-37,44H,12-15,18-19H2,1-3H3,(H,42,45)(H,43,46)(H,47,50)/t29-,30-,31-,32+,35-,36+,37+/m1/s1. The summed E-state index contributed by atoms with van der Waals surface area (Å²) >= 11 is 0. The van der Waals surface area contributed by atoms with E-state index >= 15 is 0 Å². The zero-order valence-electron chi connectivity index (χ0n) is 29.4. The minimum Gasteiger partial charge on any atom is -0.453 e. The number of H-pyrrole nitrogens is 2. The maximum absolute atomic E-state index is 13.9. The summed E-state index contributed by atoms with van der Waals surface area (Å²) in [5.41, 5.74) is 6.36. The number of likely N-dealkylation sites (tertiary alicyclic amines) is 1. The molecule has 2 aliphatic carbocycles. The third kappa shape index (κ3) is 5.69. The van der Waals surface area contributed by atoms with Gasteiger partial charge in [0.1, 0.15) is 17.7 Å². The molecule has 3 aromatic carbocycles. The maximum Gasteiger partial charge on any atom is 0.407 e. The first-order valence-corrected chi connectivity index (χ1v) is 18.5. The molecule has 9 rings (SSSR count). The number of alkyl carbamates (subject to hydrolysis) is 1. The van der Waals surface area contributed by atoms with Gasteiger partial charge in [0.25, 0.3) is 0 Å². The van der Waals surface area contributed by atoms with Crippen molar-refractivity contribution >= 4 is 22.8 Å². The van der Waals surface area contributed by atoms with Crippen LogP contribution in [0.4, 0.5) is 4.79 Å². The Morgan fingerprint density at radius 3 is 2.25 bits per heavy atom. The number of hydrogen-bond donors (Lipinski definition) is 4. The van der Waals surface area contributed by atoms with Gasteiger partial charge in [-0.25, -0.2) is 14.8 Å². The Morgan fingerprint density at radius 2 is 1.59 bits per heavy atom. The van der Waals surface area contributed by atoms with Crippen LogP contribution >= 0.6 is 0 Å². The van der Waals surface area contributed by atoms with Crippen molar-refractivity contribution in [2.45, 2.75) is 82.6 Å². The molecule has 10 nitrogen and oxygen atoms in total. The Hall–Kier alpha value is -4.96. The van der Waals surface area contributed by atoms with Crippen LogP contribution in [0.2, 0.25) is 0 Å². The number of rotatable bonds is 8. The van der Waals surface area contributed by atoms with Gasteiger partial charge in [-0.15, -0.1) is 0 Å². The Balaban J connectivity index is 0.902. The topological polar surface area (TPSA) is 128 Å². The molecular formula is C41H45N7O3. The Kier molecular flexibility index (Phi) is 7.94. The number of nitrogens with one attached hydrogen (secondary N) is 4. The van der Waals surface area contributed by atoms with Crippen LogP contribution in [0.1, 0.15) is 76.1 Å². The first kappa shape index (κ1) is 32.0. The number of aromatic nitrogens is 4. The van der Waals surface area contributed by atoms with Crippen LogP contribution in [0.3, 0.4) is 0 Å². The molecule has 262 valence electrons. The predicted octanol–water partition coefficient (Wildman–Crippen LogP) is 7.53. The SMILES string of the molecule is COC(=O)N[C@H](C(=O)N1[C@@H]2CC[C@@H]2C[C@H]1c1nc(-c2ccc(-c3ccc4cc(-c5cnc([C@@H]6C[C@H]7CC[C@H]7N6)[nH]5)ccc4c3)cc2)c[nH]1)C(C)C. The second kappa shape index (κ2) is 12.7. The molecule has 0 bridgehead atoms. The van der Waals surface area contributed by atoms with Gasteiger partial charge >= 0.3 is 6.09 Å². The van der Waals surface area contributed by atoms with E-state index < -0.39 is 12.1 Å². The molecule has 2 amide bonds. The third-order valence-corrected chi connectivity index (χ3v) is 12.1. The quantitative estimate of drug-likeness (QED) is 0.134. The first-order chi connectivity index (χ1) is 24.8. The van der Waals surface area contributed by atoms with Gasteiger partial charge in [0.2, 0.25) is 5.91 Å². The number of carbonyl (C=O) groups is 2. The summed E-state index contributed by atoms with van der Waals surface area (Å²) < 4.78 is 4.82. The van der Waals surface area contributed by atoms with Gasteiger partial charge in [0.05, 0.1) is 36.8 Å². The lowest BCUT2D eigenvalue weighted by atomic mass is 9.80. The molecule has 0 unspecified atom stereocenters. The number of fused-ring (bicyclic) bond motifs is 3. The number of aromatic amines is 2. The lowest BCUT2D eigenvalue weighted by Gasteiger charge is -2.39. The summed E-state index contributed by atoms with van der Waals surface area (Å²) in [5.74, 6) is 2.97. The van der Waals surface area contributed by atoms with Crippen molar-refractivity contribution in [3.63, 3.8) is 0 Å². The van der Waals surface area contributed by atoms with Gasteiger partial charge < -0.3 is 30.2 Å².